The largest absolute Gasteiger partial charge is 0.477 e. The summed E-state index contributed by atoms with van der Waals surface area (Å²) in [7, 11) is -3.62. The fourth-order valence-corrected chi connectivity index (χ4v) is 4.57. The minimum atomic E-state index is -3.62. The van der Waals surface area contributed by atoms with Crippen LogP contribution in [0.15, 0.2) is 16.3 Å². The Balaban J connectivity index is 2.66. The predicted molar refractivity (Wildman–Crippen MR) is 78.7 cm³/mol. The van der Waals surface area contributed by atoms with Gasteiger partial charge in [-0.05, 0) is 30.9 Å². The predicted octanol–water partition coefficient (Wildman–Crippen LogP) is 2.26. The molecular formula is C11H17NO4S3. The SMILES string of the molecule is CCSCCC(C)NS(=O)(=O)c1csc(C(=O)O)c1. The van der Waals surface area contributed by atoms with Gasteiger partial charge in [0.05, 0.1) is 4.90 Å². The van der Waals surface area contributed by atoms with Crippen molar-refractivity contribution in [2.75, 3.05) is 11.5 Å². The van der Waals surface area contributed by atoms with Crippen molar-refractivity contribution in [1.29, 1.82) is 0 Å². The average Bonchev–Trinajstić information content (AvgIpc) is 2.78. The molecule has 108 valence electrons. The molecule has 0 bridgehead atoms. The molecule has 0 spiro atoms. The summed E-state index contributed by atoms with van der Waals surface area (Å²) < 4.78 is 26.6. The average molecular weight is 323 g/mol. The van der Waals surface area contributed by atoms with E-state index >= 15 is 0 Å². The molecule has 1 unspecified atom stereocenters. The summed E-state index contributed by atoms with van der Waals surface area (Å²) in [5, 5.41) is 10.1. The van der Waals surface area contributed by atoms with E-state index in [1.165, 1.54) is 11.4 Å². The Kier molecular flexibility index (Phi) is 6.31. The highest BCUT2D eigenvalue weighted by atomic mass is 32.2. The van der Waals surface area contributed by atoms with Crippen LogP contribution in [0.3, 0.4) is 0 Å². The Morgan fingerprint density at radius 3 is 2.79 bits per heavy atom. The summed E-state index contributed by atoms with van der Waals surface area (Å²) in [4.78, 5) is 10.8. The highest BCUT2D eigenvalue weighted by Gasteiger charge is 2.20. The molecule has 0 aliphatic heterocycles. The van der Waals surface area contributed by atoms with E-state index in [1.54, 1.807) is 18.7 Å². The maximum Gasteiger partial charge on any atom is 0.345 e. The van der Waals surface area contributed by atoms with Crippen LogP contribution >= 0.6 is 23.1 Å². The minimum absolute atomic E-state index is 0.0184. The van der Waals surface area contributed by atoms with Gasteiger partial charge in [-0.25, -0.2) is 17.9 Å². The van der Waals surface area contributed by atoms with Gasteiger partial charge in [-0.2, -0.15) is 11.8 Å². The molecule has 1 atom stereocenters. The molecule has 1 aromatic heterocycles. The number of hydrogen-bond acceptors (Lipinski definition) is 5. The molecule has 1 rings (SSSR count). The van der Waals surface area contributed by atoms with E-state index < -0.39 is 16.0 Å². The van der Waals surface area contributed by atoms with Crippen molar-refractivity contribution in [3.63, 3.8) is 0 Å². The van der Waals surface area contributed by atoms with Crippen molar-refractivity contribution in [3.05, 3.63) is 16.3 Å². The number of thioether (sulfide) groups is 1. The van der Waals surface area contributed by atoms with Gasteiger partial charge in [0.2, 0.25) is 10.0 Å². The number of sulfonamides is 1. The van der Waals surface area contributed by atoms with Crippen molar-refractivity contribution >= 4 is 39.1 Å². The number of nitrogens with one attached hydrogen (secondary N) is 1. The molecule has 0 saturated heterocycles. The minimum Gasteiger partial charge on any atom is -0.477 e. The monoisotopic (exact) mass is 323 g/mol. The van der Waals surface area contributed by atoms with Crippen molar-refractivity contribution in [3.8, 4) is 0 Å². The quantitative estimate of drug-likeness (QED) is 0.717. The second-order valence-corrected chi connectivity index (χ2v) is 7.98. The number of carboxylic acid groups (broad SMARTS) is 1. The smallest absolute Gasteiger partial charge is 0.345 e. The summed E-state index contributed by atoms with van der Waals surface area (Å²) in [5.41, 5.74) is 0. The highest BCUT2D eigenvalue weighted by Crippen LogP contribution is 2.19. The molecule has 0 aliphatic carbocycles. The lowest BCUT2D eigenvalue weighted by Crippen LogP contribution is -2.32. The van der Waals surface area contributed by atoms with E-state index in [1.807, 2.05) is 0 Å². The second-order valence-electron chi connectivity index (χ2n) is 3.96. The van der Waals surface area contributed by atoms with Crippen LogP contribution < -0.4 is 4.72 Å². The lowest BCUT2D eigenvalue weighted by Gasteiger charge is -2.12. The summed E-state index contributed by atoms with van der Waals surface area (Å²) >= 11 is 2.67. The molecule has 0 saturated carbocycles. The lowest BCUT2D eigenvalue weighted by molar-refractivity contribution is 0.0702. The number of carbonyl (C=O) groups is 1. The Morgan fingerprint density at radius 2 is 2.26 bits per heavy atom. The van der Waals surface area contributed by atoms with Gasteiger partial charge in [-0.1, -0.05) is 6.92 Å². The molecule has 0 radical (unpaired) electrons. The molecule has 8 heteroatoms. The van der Waals surface area contributed by atoms with E-state index in [9.17, 15) is 13.2 Å². The Morgan fingerprint density at radius 1 is 1.58 bits per heavy atom. The van der Waals surface area contributed by atoms with Gasteiger partial charge < -0.3 is 5.11 Å². The number of aromatic carboxylic acids is 1. The van der Waals surface area contributed by atoms with Crippen LogP contribution in [0.4, 0.5) is 0 Å². The molecule has 19 heavy (non-hydrogen) atoms. The molecule has 0 aromatic carbocycles. The van der Waals surface area contributed by atoms with E-state index in [-0.39, 0.29) is 15.8 Å². The standard InChI is InChI=1S/C11H17NO4S3/c1-3-17-5-4-8(2)12-19(15,16)9-6-10(11(13)14)18-7-9/h6-8,12H,3-5H2,1-2H3,(H,13,14). The van der Waals surface area contributed by atoms with Crippen LogP contribution in [-0.4, -0.2) is 37.0 Å². The van der Waals surface area contributed by atoms with Gasteiger partial charge in [-0.3, -0.25) is 0 Å². The molecule has 1 aromatic rings. The Labute approximate surface area is 121 Å². The molecule has 0 amide bonds. The van der Waals surface area contributed by atoms with Crippen molar-refractivity contribution < 1.29 is 18.3 Å². The molecule has 1 heterocycles. The maximum absolute atomic E-state index is 12.0. The molecule has 2 N–H and O–H groups in total. The van der Waals surface area contributed by atoms with Crippen LogP contribution in [0.25, 0.3) is 0 Å². The van der Waals surface area contributed by atoms with E-state index in [0.717, 1.165) is 29.3 Å². The second kappa shape index (κ2) is 7.28. The number of rotatable bonds is 8. The van der Waals surface area contributed by atoms with Crippen molar-refractivity contribution in [2.24, 2.45) is 0 Å². The van der Waals surface area contributed by atoms with E-state index in [2.05, 4.69) is 11.6 Å². The summed E-state index contributed by atoms with van der Waals surface area (Å²) in [6.45, 7) is 3.86. The Hall–Kier alpha value is -0.570. The lowest BCUT2D eigenvalue weighted by atomic mass is 10.3. The third-order valence-electron chi connectivity index (χ3n) is 2.35. The van der Waals surface area contributed by atoms with Gasteiger partial charge in [0, 0.05) is 11.4 Å². The molecule has 0 fully saturated rings. The number of carboxylic acids is 1. The van der Waals surface area contributed by atoms with E-state index in [4.69, 9.17) is 5.11 Å². The zero-order valence-electron chi connectivity index (χ0n) is 10.8. The third-order valence-corrected chi connectivity index (χ3v) is 5.92. The topological polar surface area (TPSA) is 83.5 Å². The van der Waals surface area contributed by atoms with Gasteiger partial charge in [0.25, 0.3) is 0 Å². The van der Waals surface area contributed by atoms with Crippen LogP contribution in [0.1, 0.15) is 29.9 Å². The number of hydrogen-bond donors (Lipinski definition) is 2. The highest BCUT2D eigenvalue weighted by molar-refractivity contribution is 7.99. The molecule has 0 aliphatic rings. The first-order valence-electron chi connectivity index (χ1n) is 5.78. The molecule has 5 nitrogen and oxygen atoms in total. The first-order chi connectivity index (χ1) is 8.86. The third kappa shape index (κ3) is 5.13. The number of thiophene rings is 1. The van der Waals surface area contributed by atoms with Crippen LogP contribution in [0, 0.1) is 0 Å². The first-order valence-corrected chi connectivity index (χ1v) is 9.30. The van der Waals surface area contributed by atoms with Gasteiger partial charge in [0.15, 0.2) is 0 Å². The fourth-order valence-electron chi connectivity index (χ4n) is 1.37. The fraction of sp³-hybridized carbons (Fsp3) is 0.545. The Bertz CT molecular complexity index is 524. The molecular weight excluding hydrogens is 306 g/mol. The van der Waals surface area contributed by atoms with Gasteiger partial charge >= 0.3 is 5.97 Å². The van der Waals surface area contributed by atoms with E-state index in [0.29, 0.717) is 0 Å². The van der Waals surface area contributed by atoms with Crippen LogP contribution in [0.2, 0.25) is 0 Å². The zero-order valence-corrected chi connectivity index (χ0v) is 13.2. The normalized spacial score (nSPS) is 13.4. The van der Waals surface area contributed by atoms with Crippen molar-refractivity contribution in [1.82, 2.24) is 4.72 Å². The zero-order chi connectivity index (χ0) is 14.5. The maximum atomic E-state index is 12.0. The summed E-state index contributed by atoms with van der Waals surface area (Å²) in [6, 6.07) is 1.01. The summed E-state index contributed by atoms with van der Waals surface area (Å²) in [6.07, 6.45) is 0.744. The van der Waals surface area contributed by atoms with Crippen LogP contribution in [0.5, 0.6) is 0 Å². The van der Waals surface area contributed by atoms with Crippen molar-refractivity contribution in [2.45, 2.75) is 31.2 Å². The first kappa shape index (κ1) is 16.5. The van der Waals surface area contributed by atoms with Gasteiger partial charge in [0.1, 0.15) is 4.88 Å². The summed E-state index contributed by atoms with van der Waals surface area (Å²) in [5.74, 6) is 0.787. The van der Waals surface area contributed by atoms with Gasteiger partial charge in [-0.15, -0.1) is 11.3 Å². The van der Waals surface area contributed by atoms with Crippen LogP contribution in [-0.2, 0) is 10.0 Å².